The number of likely N-dealkylation sites (tertiary alicyclic amines) is 1. The molecule has 0 unspecified atom stereocenters. The Morgan fingerprint density at radius 1 is 1.50 bits per heavy atom. The molecule has 1 aromatic rings. The molecule has 1 atom stereocenters. The number of nitrogens with zero attached hydrogens (tertiary/aromatic N) is 3. The molecule has 1 fully saturated rings. The van der Waals surface area contributed by atoms with E-state index >= 15 is 0 Å². The van der Waals surface area contributed by atoms with Crippen LogP contribution in [0.4, 0.5) is 5.82 Å². The number of amides is 1. The van der Waals surface area contributed by atoms with Crippen molar-refractivity contribution < 1.29 is 4.79 Å². The van der Waals surface area contributed by atoms with Crippen LogP contribution >= 0.6 is 0 Å². The molecule has 1 saturated heterocycles. The van der Waals surface area contributed by atoms with Crippen LogP contribution in [0.3, 0.4) is 0 Å². The molecule has 0 aliphatic carbocycles. The lowest BCUT2D eigenvalue weighted by atomic mass is 9.97. The lowest BCUT2D eigenvalue weighted by molar-refractivity contribution is -0.123. The number of primary amides is 1. The van der Waals surface area contributed by atoms with Gasteiger partial charge in [-0.05, 0) is 51.4 Å². The van der Waals surface area contributed by atoms with E-state index in [0.29, 0.717) is 0 Å². The fourth-order valence-electron chi connectivity index (χ4n) is 2.50. The number of rotatable bonds is 6. The molecule has 6 nitrogen and oxygen atoms in total. The van der Waals surface area contributed by atoms with Crippen LogP contribution in [0.5, 0.6) is 0 Å². The van der Waals surface area contributed by atoms with Crippen molar-refractivity contribution in [3.05, 3.63) is 17.8 Å². The summed E-state index contributed by atoms with van der Waals surface area (Å²) in [7, 11) is 0. The van der Waals surface area contributed by atoms with Gasteiger partial charge >= 0.3 is 0 Å². The lowest BCUT2D eigenvalue weighted by Crippen LogP contribution is -2.41. The second-order valence-corrected chi connectivity index (χ2v) is 5.38. The van der Waals surface area contributed by atoms with Gasteiger partial charge in [-0.2, -0.15) is 5.10 Å². The Morgan fingerprint density at radius 2 is 2.35 bits per heavy atom. The Labute approximate surface area is 119 Å². The zero-order chi connectivity index (χ0) is 14.4. The first-order chi connectivity index (χ1) is 9.65. The highest BCUT2D eigenvalue weighted by Gasteiger charge is 2.23. The average molecular weight is 277 g/mol. The minimum atomic E-state index is -0.164. The molecular weight excluding hydrogens is 254 g/mol. The van der Waals surface area contributed by atoms with Gasteiger partial charge < -0.3 is 16.0 Å². The quantitative estimate of drug-likeness (QED) is 0.751. The molecule has 3 N–H and O–H groups in total. The maximum absolute atomic E-state index is 11.2. The summed E-state index contributed by atoms with van der Waals surface area (Å²) in [4.78, 5) is 13.5. The van der Waals surface area contributed by atoms with Crippen molar-refractivity contribution in [3.8, 4) is 0 Å². The maximum Gasteiger partial charge on any atom is 0.221 e. The molecule has 1 aliphatic heterocycles. The van der Waals surface area contributed by atoms with Crippen LogP contribution in [0.25, 0.3) is 0 Å². The van der Waals surface area contributed by atoms with E-state index in [9.17, 15) is 4.79 Å². The van der Waals surface area contributed by atoms with Gasteiger partial charge in [-0.15, -0.1) is 5.10 Å². The first-order valence-electron chi connectivity index (χ1n) is 7.21. The molecule has 6 heteroatoms. The van der Waals surface area contributed by atoms with Crippen molar-refractivity contribution in [1.82, 2.24) is 15.1 Å². The normalized spacial score (nSPS) is 19.8. The number of aromatic nitrogens is 2. The van der Waals surface area contributed by atoms with Crippen molar-refractivity contribution in [2.75, 3.05) is 31.5 Å². The molecule has 20 heavy (non-hydrogen) atoms. The zero-order valence-electron chi connectivity index (χ0n) is 12.0. The lowest BCUT2D eigenvalue weighted by Gasteiger charge is -2.31. The highest BCUT2D eigenvalue weighted by Crippen LogP contribution is 2.16. The van der Waals surface area contributed by atoms with Crippen LogP contribution in [0.15, 0.2) is 12.1 Å². The average Bonchev–Trinajstić information content (AvgIpc) is 2.46. The maximum atomic E-state index is 11.2. The molecule has 0 saturated carbocycles. The molecule has 0 bridgehead atoms. The topological polar surface area (TPSA) is 84.1 Å². The van der Waals surface area contributed by atoms with Gasteiger partial charge in [0.05, 0.1) is 11.6 Å². The van der Waals surface area contributed by atoms with Crippen LogP contribution < -0.4 is 11.1 Å². The van der Waals surface area contributed by atoms with E-state index in [4.69, 9.17) is 5.73 Å². The summed E-state index contributed by atoms with van der Waals surface area (Å²) in [5.74, 6) is 0.673. The summed E-state index contributed by atoms with van der Waals surface area (Å²) in [6.45, 7) is 5.63. The number of hydrogen-bond donors (Lipinski definition) is 2. The predicted octanol–water partition coefficient (Wildman–Crippen LogP) is 0.784. The molecule has 0 spiro atoms. The van der Waals surface area contributed by atoms with Gasteiger partial charge in [0.1, 0.15) is 5.82 Å². The zero-order valence-corrected chi connectivity index (χ0v) is 12.0. The Balaban J connectivity index is 1.65. The second-order valence-electron chi connectivity index (χ2n) is 5.38. The minimum Gasteiger partial charge on any atom is -0.369 e. The smallest absolute Gasteiger partial charge is 0.221 e. The van der Waals surface area contributed by atoms with Crippen molar-refractivity contribution >= 4 is 11.7 Å². The molecule has 110 valence electrons. The van der Waals surface area contributed by atoms with E-state index < -0.39 is 0 Å². The van der Waals surface area contributed by atoms with Crippen molar-refractivity contribution in [2.24, 2.45) is 11.7 Å². The van der Waals surface area contributed by atoms with Gasteiger partial charge in [-0.25, -0.2) is 0 Å². The number of carbonyl (C=O) groups is 1. The van der Waals surface area contributed by atoms with Crippen LogP contribution in [0.1, 0.15) is 25.0 Å². The Morgan fingerprint density at radius 3 is 3.05 bits per heavy atom. The first-order valence-corrected chi connectivity index (χ1v) is 7.21. The Kier molecular flexibility index (Phi) is 5.29. The highest BCUT2D eigenvalue weighted by molar-refractivity contribution is 5.76. The Hall–Kier alpha value is -1.69. The van der Waals surface area contributed by atoms with E-state index in [0.717, 1.165) is 57.0 Å². The molecule has 0 radical (unpaired) electrons. The third-order valence-corrected chi connectivity index (χ3v) is 3.66. The van der Waals surface area contributed by atoms with Gasteiger partial charge in [0.15, 0.2) is 0 Å². The number of nitrogens with two attached hydrogens (primary N) is 1. The van der Waals surface area contributed by atoms with Crippen LogP contribution in [-0.2, 0) is 4.79 Å². The van der Waals surface area contributed by atoms with Crippen molar-refractivity contribution in [3.63, 3.8) is 0 Å². The molecular formula is C14H23N5O. The monoisotopic (exact) mass is 277 g/mol. The van der Waals surface area contributed by atoms with E-state index in [2.05, 4.69) is 20.4 Å². The van der Waals surface area contributed by atoms with Gasteiger partial charge in [0, 0.05) is 13.1 Å². The van der Waals surface area contributed by atoms with Gasteiger partial charge in [0.2, 0.25) is 5.91 Å². The third-order valence-electron chi connectivity index (χ3n) is 3.66. The van der Waals surface area contributed by atoms with Gasteiger partial charge in [0.25, 0.3) is 0 Å². The standard InChI is InChI=1S/C14H23N5O/c1-11-5-6-13(18-17-11)16-7-3-9-19-8-2-4-12(10-19)14(15)20/h5-6,12H,2-4,7-10H2,1H3,(H2,15,20)(H,16,18)/t12-/m1/s1. The van der Waals surface area contributed by atoms with Crippen LogP contribution in [0.2, 0.25) is 0 Å². The van der Waals surface area contributed by atoms with Crippen molar-refractivity contribution in [1.29, 1.82) is 0 Å². The molecule has 1 aromatic heterocycles. The Bertz CT molecular complexity index is 434. The number of nitrogens with one attached hydrogen (secondary N) is 1. The molecule has 0 aromatic carbocycles. The fourth-order valence-corrected chi connectivity index (χ4v) is 2.50. The SMILES string of the molecule is Cc1ccc(NCCCN2CCC[C@@H](C(N)=O)C2)nn1. The fraction of sp³-hybridized carbons (Fsp3) is 0.643. The minimum absolute atomic E-state index is 0.0275. The second kappa shape index (κ2) is 7.19. The van der Waals surface area contributed by atoms with E-state index in [1.54, 1.807) is 0 Å². The summed E-state index contributed by atoms with van der Waals surface area (Å²) in [5.41, 5.74) is 6.30. The molecule has 2 rings (SSSR count). The largest absolute Gasteiger partial charge is 0.369 e. The van der Waals surface area contributed by atoms with Crippen LogP contribution in [0, 0.1) is 12.8 Å². The summed E-state index contributed by atoms with van der Waals surface area (Å²) in [5, 5.41) is 11.3. The van der Waals surface area contributed by atoms with Gasteiger partial charge in [-0.3, -0.25) is 4.79 Å². The first kappa shape index (κ1) is 14.7. The number of anilines is 1. The number of piperidine rings is 1. The van der Waals surface area contributed by atoms with Gasteiger partial charge in [-0.1, -0.05) is 0 Å². The van der Waals surface area contributed by atoms with E-state index in [1.165, 1.54) is 0 Å². The summed E-state index contributed by atoms with van der Waals surface area (Å²) >= 11 is 0. The predicted molar refractivity (Wildman–Crippen MR) is 78.2 cm³/mol. The molecule has 1 amide bonds. The van der Waals surface area contributed by atoms with E-state index in [-0.39, 0.29) is 11.8 Å². The third kappa shape index (κ3) is 4.45. The molecule has 2 heterocycles. The van der Waals surface area contributed by atoms with E-state index in [1.807, 2.05) is 19.1 Å². The number of aryl methyl sites for hydroxylation is 1. The summed E-state index contributed by atoms with van der Waals surface area (Å²) in [6, 6.07) is 3.88. The summed E-state index contributed by atoms with van der Waals surface area (Å²) in [6.07, 6.45) is 3.01. The molecule has 1 aliphatic rings. The number of hydrogen-bond acceptors (Lipinski definition) is 5. The van der Waals surface area contributed by atoms with Crippen molar-refractivity contribution in [2.45, 2.75) is 26.2 Å². The summed E-state index contributed by atoms with van der Waals surface area (Å²) < 4.78 is 0. The highest BCUT2D eigenvalue weighted by atomic mass is 16.1. The van der Waals surface area contributed by atoms with Crippen LogP contribution in [-0.4, -0.2) is 47.2 Å². The number of carbonyl (C=O) groups excluding carboxylic acids is 1.